The Bertz CT molecular complexity index is 814. The number of aliphatic hydroxyl groups is 1. The van der Waals surface area contributed by atoms with Crippen LogP contribution in [0.15, 0.2) is 11.6 Å². The topological polar surface area (TPSA) is 37.3 Å². The van der Waals surface area contributed by atoms with E-state index in [4.69, 9.17) is 0 Å². The maximum absolute atomic E-state index is 12.1. The van der Waals surface area contributed by atoms with Crippen molar-refractivity contribution in [3.05, 3.63) is 11.6 Å². The standard InChI is InChI=1S/C24H30O2/c1-4-7-24(26)19-12-16(19)21-20-15-11-14(15)18-10-13(25)5-8-22(18,2)17(20)6-9-23(21,24)3/h10,14-17,19-21,26H,5-6,8-9,11-12H2,1-3H3/t14-,15+,16-,17?,19+,20?,21?,22-,23+,24+/m1/s1. The number of hydrogen-bond donors (Lipinski definition) is 1. The van der Waals surface area contributed by atoms with Crippen LogP contribution in [0.2, 0.25) is 0 Å². The molecule has 5 saturated carbocycles. The van der Waals surface area contributed by atoms with E-state index in [1.807, 2.05) is 13.0 Å². The van der Waals surface area contributed by atoms with Gasteiger partial charge in [-0.1, -0.05) is 25.3 Å². The van der Waals surface area contributed by atoms with Crippen molar-refractivity contribution in [1.29, 1.82) is 0 Å². The molecule has 6 rings (SSSR count). The van der Waals surface area contributed by atoms with Crippen molar-refractivity contribution < 1.29 is 9.90 Å². The molecule has 6 aliphatic carbocycles. The lowest BCUT2D eigenvalue weighted by Crippen LogP contribution is -2.57. The summed E-state index contributed by atoms with van der Waals surface area (Å²) in [5.74, 6) is 11.4. The van der Waals surface area contributed by atoms with E-state index in [-0.39, 0.29) is 10.8 Å². The number of rotatable bonds is 0. The highest BCUT2D eigenvalue weighted by Crippen LogP contribution is 2.80. The molecule has 0 heterocycles. The number of allylic oxidation sites excluding steroid dienone is 1. The van der Waals surface area contributed by atoms with Crippen LogP contribution in [0.1, 0.15) is 59.3 Å². The van der Waals surface area contributed by atoms with Crippen LogP contribution in [-0.4, -0.2) is 16.5 Å². The molecule has 3 unspecified atom stereocenters. The molecular formula is C24H30O2. The molecule has 2 heteroatoms. The predicted octanol–water partition coefficient (Wildman–Crippen LogP) is 3.98. The maximum Gasteiger partial charge on any atom is 0.155 e. The van der Waals surface area contributed by atoms with E-state index in [2.05, 4.69) is 25.7 Å². The number of carbonyl (C=O) groups excluding carboxylic acids is 1. The molecule has 6 aliphatic rings. The highest BCUT2D eigenvalue weighted by atomic mass is 16.3. The minimum absolute atomic E-state index is 0.0278. The summed E-state index contributed by atoms with van der Waals surface area (Å²) in [6.07, 6.45) is 8.62. The first kappa shape index (κ1) is 15.9. The summed E-state index contributed by atoms with van der Waals surface area (Å²) in [4.78, 5) is 12.1. The molecule has 0 aromatic heterocycles. The van der Waals surface area contributed by atoms with Crippen LogP contribution in [0.3, 0.4) is 0 Å². The zero-order valence-electron chi connectivity index (χ0n) is 16.2. The van der Waals surface area contributed by atoms with E-state index in [0.717, 1.165) is 31.1 Å². The van der Waals surface area contributed by atoms with E-state index < -0.39 is 5.60 Å². The van der Waals surface area contributed by atoms with Gasteiger partial charge in [-0.05, 0) is 86.0 Å². The molecule has 0 bridgehead atoms. The second-order valence-corrected chi connectivity index (χ2v) is 10.8. The van der Waals surface area contributed by atoms with E-state index in [1.165, 1.54) is 24.8 Å². The third kappa shape index (κ3) is 1.57. The average Bonchev–Trinajstić information content (AvgIpc) is 3.49. The van der Waals surface area contributed by atoms with E-state index in [0.29, 0.717) is 35.4 Å². The summed E-state index contributed by atoms with van der Waals surface area (Å²) in [5, 5.41) is 11.6. The van der Waals surface area contributed by atoms with Crippen LogP contribution >= 0.6 is 0 Å². The first-order valence-electron chi connectivity index (χ1n) is 10.8. The van der Waals surface area contributed by atoms with Crippen molar-refractivity contribution in [2.75, 3.05) is 0 Å². The molecule has 2 nitrogen and oxygen atoms in total. The molecule has 0 amide bonds. The first-order valence-corrected chi connectivity index (χ1v) is 10.8. The fourth-order valence-corrected chi connectivity index (χ4v) is 8.81. The van der Waals surface area contributed by atoms with Crippen LogP contribution in [0.25, 0.3) is 0 Å². The quantitative estimate of drug-likeness (QED) is 0.671. The third-order valence-electron chi connectivity index (χ3n) is 10.0. The Labute approximate surface area is 156 Å². The number of carbonyl (C=O) groups is 1. The molecule has 0 spiro atoms. The second kappa shape index (κ2) is 4.49. The Morgan fingerprint density at radius 1 is 1.15 bits per heavy atom. The van der Waals surface area contributed by atoms with Gasteiger partial charge < -0.3 is 5.11 Å². The molecule has 0 saturated heterocycles. The number of fused-ring (bicyclic) bond motifs is 10. The van der Waals surface area contributed by atoms with Gasteiger partial charge in [0.1, 0.15) is 5.60 Å². The van der Waals surface area contributed by atoms with Crippen LogP contribution in [0.4, 0.5) is 0 Å². The van der Waals surface area contributed by atoms with Crippen LogP contribution in [-0.2, 0) is 4.79 Å². The van der Waals surface area contributed by atoms with Gasteiger partial charge >= 0.3 is 0 Å². The highest BCUT2D eigenvalue weighted by molar-refractivity contribution is 5.92. The van der Waals surface area contributed by atoms with Crippen molar-refractivity contribution in [3.63, 3.8) is 0 Å². The van der Waals surface area contributed by atoms with Crippen molar-refractivity contribution >= 4 is 5.78 Å². The van der Waals surface area contributed by atoms with Gasteiger partial charge in [0.2, 0.25) is 0 Å². The van der Waals surface area contributed by atoms with Gasteiger partial charge in [-0.3, -0.25) is 4.79 Å². The molecule has 138 valence electrons. The fraction of sp³-hybridized carbons (Fsp3) is 0.792. The van der Waals surface area contributed by atoms with Gasteiger partial charge in [0.25, 0.3) is 0 Å². The van der Waals surface area contributed by atoms with Gasteiger partial charge in [-0.15, -0.1) is 5.92 Å². The van der Waals surface area contributed by atoms with Gasteiger partial charge in [-0.25, -0.2) is 0 Å². The largest absolute Gasteiger partial charge is 0.377 e. The van der Waals surface area contributed by atoms with Crippen molar-refractivity contribution in [3.8, 4) is 11.8 Å². The molecule has 0 radical (unpaired) electrons. The van der Waals surface area contributed by atoms with Gasteiger partial charge in [-0.2, -0.15) is 0 Å². The second-order valence-electron chi connectivity index (χ2n) is 10.8. The van der Waals surface area contributed by atoms with Gasteiger partial charge in [0.05, 0.1) is 0 Å². The lowest BCUT2D eigenvalue weighted by Gasteiger charge is -2.59. The molecule has 0 aliphatic heterocycles. The zero-order valence-corrected chi connectivity index (χ0v) is 16.2. The summed E-state index contributed by atoms with van der Waals surface area (Å²) in [7, 11) is 0. The number of hydrogen-bond acceptors (Lipinski definition) is 2. The maximum atomic E-state index is 12.1. The van der Waals surface area contributed by atoms with E-state index >= 15 is 0 Å². The normalized spacial score (nSPS) is 61.0. The minimum Gasteiger partial charge on any atom is -0.377 e. The summed E-state index contributed by atoms with van der Waals surface area (Å²) in [6, 6.07) is 0. The smallest absolute Gasteiger partial charge is 0.155 e. The average molecular weight is 351 g/mol. The van der Waals surface area contributed by atoms with Crippen molar-refractivity contribution in [1.82, 2.24) is 0 Å². The number of ketones is 1. The summed E-state index contributed by atoms with van der Waals surface area (Å²) in [6.45, 7) is 6.71. The minimum atomic E-state index is -0.758. The molecule has 10 atom stereocenters. The van der Waals surface area contributed by atoms with E-state index in [9.17, 15) is 9.90 Å². The van der Waals surface area contributed by atoms with Crippen molar-refractivity contribution in [2.24, 2.45) is 52.3 Å². The molecule has 0 aromatic rings. The van der Waals surface area contributed by atoms with Crippen LogP contribution in [0.5, 0.6) is 0 Å². The summed E-state index contributed by atoms with van der Waals surface area (Å²) < 4.78 is 0. The van der Waals surface area contributed by atoms with E-state index in [1.54, 1.807) is 0 Å². The van der Waals surface area contributed by atoms with Crippen LogP contribution in [0, 0.1) is 64.1 Å². The highest BCUT2D eigenvalue weighted by Gasteiger charge is 2.78. The predicted molar refractivity (Wildman–Crippen MR) is 99.8 cm³/mol. The SMILES string of the molecule is CC#C[C@]1(O)[C@H]2C[C@H]2C2C3C(CC[C@@]21C)[C@@]1(C)CCC(=O)C=C1[C@@H]1C[C@H]31. The molecule has 5 fully saturated rings. The van der Waals surface area contributed by atoms with Gasteiger partial charge in [0, 0.05) is 17.8 Å². The molecule has 0 aromatic carbocycles. The Balaban J connectivity index is 1.46. The Morgan fingerprint density at radius 3 is 2.73 bits per heavy atom. The Kier molecular flexibility index (Phi) is 2.75. The third-order valence-corrected chi connectivity index (χ3v) is 10.0. The molecular weight excluding hydrogens is 320 g/mol. The monoisotopic (exact) mass is 350 g/mol. The first-order chi connectivity index (χ1) is 12.3. The Morgan fingerprint density at radius 2 is 1.96 bits per heavy atom. The summed E-state index contributed by atoms with van der Waals surface area (Å²) in [5.41, 5.74) is 0.961. The molecule has 1 N–H and O–H groups in total. The van der Waals surface area contributed by atoms with Crippen LogP contribution < -0.4 is 0 Å². The lowest BCUT2D eigenvalue weighted by molar-refractivity contribution is -0.127. The van der Waals surface area contributed by atoms with Gasteiger partial charge in [0.15, 0.2) is 5.78 Å². The van der Waals surface area contributed by atoms with Crippen molar-refractivity contribution in [2.45, 2.75) is 64.9 Å². The summed E-state index contributed by atoms with van der Waals surface area (Å²) >= 11 is 0. The lowest BCUT2D eigenvalue weighted by atomic mass is 9.45. The molecule has 26 heavy (non-hydrogen) atoms. The Hall–Kier alpha value is -1.07. The zero-order chi connectivity index (χ0) is 18.1. The fourth-order valence-electron chi connectivity index (χ4n) is 8.81.